The van der Waals surface area contributed by atoms with Crippen molar-refractivity contribution in [3.05, 3.63) is 0 Å². The molecule has 0 fully saturated rings. The number of hydrogen-bond donors (Lipinski definition) is 1. The van der Waals surface area contributed by atoms with Crippen LogP contribution >= 0.6 is 0 Å². The highest BCUT2D eigenvalue weighted by Crippen LogP contribution is 2.08. The summed E-state index contributed by atoms with van der Waals surface area (Å²) in [6.07, 6.45) is 4.76. The predicted molar refractivity (Wildman–Crippen MR) is 81.8 cm³/mol. The van der Waals surface area contributed by atoms with Crippen molar-refractivity contribution >= 4 is 0 Å². The largest absolute Gasteiger partial charge is 0.385 e. The first-order valence-corrected chi connectivity index (χ1v) is 7.72. The maximum atomic E-state index is 5.24. The number of rotatable bonds is 14. The molecule has 0 spiro atoms. The van der Waals surface area contributed by atoms with E-state index < -0.39 is 0 Å². The third-order valence-electron chi connectivity index (χ3n) is 3.32. The zero-order valence-corrected chi connectivity index (χ0v) is 13.4. The Morgan fingerprint density at radius 1 is 1.00 bits per heavy atom. The molecule has 1 N–H and O–H groups in total. The standard InChI is InChI=1S/C15H34N2O2/c1-5-8-15(14-16-9-6-2)17(11-13-19-4)10-7-12-18-3/h15-16H,5-14H2,1-4H3. The van der Waals surface area contributed by atoms with Gasteiger partial charge in [-0.15, -0.1) is 0 Å². The van der Waals surface area contributed by atoms with Crippen molar-refractivity contribution in [3.8, 4) is 0 Å². The summed E-state index contributed by atoms with van der Waals surface area (Å²) in [4.78, 5) is 2.55. The van der Waals surface area contributed by atoms with Crippen molar-refractivity contribution in [2.75, 3.05) is 53.6 Å². The smallest absolute Gasteiger partial charge is 0.0589 e. The van der Waals surface area contributed by atoms with E-state index in [9.17, 15) is 0 Å². The normalized spacial score (nSPS) is 13.1. The summed E-state index contributed by atoms with van der Waals surface area (Å²) in [5.41, 5.74) is 0. The molecular weight excluding hydrogens is 240 g/mol. The summed E-state index contributed by atoms with van der Waals surface area (Å²) in [6, 6.07) is 0.614. The van der Waals surface area contributed by atoms with Gasteiger partial charge in [-0.1, -0.05) is 20.3 Å². The minimum absolute atomic E-state index is 0.614. The van der Waals surface area contributed by atoms with E-state index in [1.807, 2.05) is 0 Å². The molecule has 0 bridgehead atoms. The van der Waals surface area contributed by atoms with Crippen LogP contribution in [0.4, 0.5) is 0 Å². The van der Waals surface area contributed by atoms with Gasteiger partial charge in [-0.2, -0.15) is 0 Å². The Morgan fingerprint density at radius 2 is 1.74 bits per heavy atom. The third kappa shape index (κ3) is 10.3. The van der Waals surface area contributed by atoms with Crippen LogP contribution in [0.15, 0.2) is 0 Å². The quantitative estimate of drug-likeness (QED) is 0.492. The molecule has 4 heteroatoms. The molecule has 0 aromatic rings. The van der Waals surface area contributed by atoms with Crippen LogP contribution < -0.4 is 5.32 Å². The van der Waals surface area contributed by atoms with E-state index in [2.05, 4.69) is 24.1 Å². The lowest BCUT2D eigenvalue weighted by Crippen LogP contribution is -2.44. The molecule has 0 aliphatic carbocycles. The van der Waals surface area contributed by atoms with Gasteiger partial charge < -0.3 is 14.8 Å². The fourth-order valence-electron chi connectivity index (χ4n) is 2.29. The van der Waals surface area contributed by atoms with Crippen molar-refractivity contribution in [3.63, 3.8) is 0 Å². The monoisotopic (exact) mass is 274 g/mol. The summed E-state index contributed by atoms with van der Waals surface area (Å²) >= 11 is 0. The number of nitrogens with zero attached hydrogens (tertiary/aromatic N) is 1. The fraction of sp³-hybridized carbons (Fsp3) is 1.00. The van der Waals surface area contributed by atoms with Crippen molar-refractivity contribution in [2.24, 2.45) is 0 Å². The Balaban J connectivity index is 4.24. The average molecular weight is 274 g/mol. The minimum atomic E-state index is 0.614. The van der Waals surface area contributed by atoms with E-state index in [1.165, 1.54) is 19.3 Å². The highest BCUT2D eigenvalue weighted by Gasteiger charge is 2.16. The van der Waals surface area contributed by atoms with Gasteiger partial charge in [0, 0.05) is 46.5 Å². The molecule has 0 radical (unpaired) electrons. The van der Waals surface area contributed by atoms with Gasteiger partial charge >= 0.3 is 0 Å². The van der Waals surface area contributed by atoms with Crippen LogP contribution in [0.25, 0.3) is 0 Å². The lowest BCUT2D eigenvalue weighted by Gasteiger charge is -2.32. The lowest BCUT2D eigenvalue weighted by molar-refractivity contribution is 0.102. The van der Waals surface area contributed by atoms with E-state index in [0.29, 0.717) is 6.04 Å². The number of methoxy groups -OCH3 is 2. The number of nitrogens with one attached hydrogen (secondary N) is 1. The molecular formula is C15H34N2O2. The molecule has 4 nitrogen and oxygen atoms in total. The summed E-state index contributed by atoms with van der Waals surface area (Å²) in [5, 5.41) is 3.55. The second-order valence-electron chi connectivity index (χ2n) is 5.02. The van der Waals surface area contributed by atoms with Gasteiger partial charge in [0.15, 0.2) is 0 Å². The first kappa shape index (κ1) is 18.8. The van der Waals surface area contributed by atoms with E-state index in [1.54, 1.807) is 14.2 Å². The molecule has 0 saturated heterocycles. The van der Waals surface area contributed by atoms with Crippen LogP contribution in [0.2, 0.25) is 0 Å². The lowest BCUT2D eigenvalue weighted by atomic mass is 10.1. The van der Waals surface area contributed by atoms with Gasteiger partial charge in [-0.25, -0.2) is 0 Å². The topological polar surface area (TPSA) is 33.7 Å². The molecule has 0 aliphatic heterocycles. The maximum Gasteiger partial charge on any atom is 0.0589 e. The molecule has 1 unspecified atom stereocenters. The highest BCUT2D eigenvalue weighted by molar-refractivity contribution is 4.74. The van der Waals surface area contributed by atoms with E-state index in [0.717, 1.165) is 45.8 Å². The summed E-state index contributed by atoms with van der Waals surface area (Å²) in [7, 11) is 3.54. The minimum Gasteiger partial charge on any atom is -0.385 e. The molecule has 0 aromatic heterocycles. The first-order chi connectivity index (χ1) is 9.29. The van der Waals surface area contributed by atoms with Crippen LogP contribution in [0.5, 0.6) is 0 Å². The Kier molecular flexibility index (Phi) is 14.1. The molecule has 116 valence electrons. The van der Waals surface area contributed by atoms with Gasteiger partial charge in [-0.05, 0) is 25.8 Å². The van der Waals surface area contributed by atoms with Gasteiger partial charge in [0.25, 0.3) is 0 Å². The second kappa shape index (κ2) is 14.3. The predicted octanol–water partition coefficient (Wildman–Crippen LogP) is 2.14. The molecule has 0 aromatic carbocycles. The molecule has 0 aliphatic rings. The zero-order valence-electron chi connectivity index (χ0n) is 13.4. The van der Waals surface area contributed by atoms with Gasteiger partial charge in [-0.3, -0.25) is 4.90 Å². The van der Waals surface area contributed by atoms with Crippen LogP contribution in [0, 0.1) is 0 Å². The summed E-state index contributed by atoms with van der Waals surface area (Å²) in [6.45, 7) is 10.4. The Bertz CT molecular complexity index is 180. The maximum absolute atomic E-state index is 5.24. The molecule has 1 atom stereocenters. The molecule has 0 heterocycles. The third-order valence-corrected chi connectivity index (χ3v) is 3.32. The van der Waals surface area contributed by atoms with Crippen LogP contribution in [-0.4, -0.2) is 64.6 Å². The summed E-state index contributed by atoms with van der Waals surface area (Å²) in [5.74, 6) is 0. The molecule has 0 rings (SSSR count). The van der Waals surface area contributed by atoms with Crippen molar-refractivity contribution < 1.29 is 9.47 Å². The van der Waals surface area contributed by atoms with Gasteiger partial charge in [0.2, 0.25) is 0 Å². The zero-order chi connectivity index (χ0) is 14.3. The molecule has 0 amide bonds. The van der Waals surface area contributed by atoms with E-state index in [4.69, 9.17) is 9.47 Å². The number of hydrogen-bond acceptors (Lipinski definition) is 4. The van der Waals surface area contributed by atoms with E-state index in [-0.39, 0.29) is 0 Å². The van der Waals surface area contributed by atoms with E-state index >= 15 is 0 Å². The first-order valence-electron chi connectivity index (χ1n) is 7.72. The Hall–Kier alpha value is -0.160. The van der Waals surface area contributed by atoms with Gasteiger partial charge in [0.05, 0.1) is 6.61 Å². The summed E-state index contributed by atoms with van der Waals surface area (Å²) < 4.78 is 10.4. The van der Waals surface area contributed by atoms with Crippen molar-refractivity contribution in [1.29, 1.82) is 0 Å². The molecule has 0 saturated carbocycles. The van der Waals surface area contributed by atoms with Gasteiger partial charge in [0.1, 0.15) is 0 Å². The van der Waals surface area contributed by atoms with Crippen LogP contribution in [0.3, 0.4) is 0 Å². The van der Waals surface area contributed by atoms with Crippen LogP contribution in [-0.2, 0) is 9.47 Å². The van der Waals surface area contributed by atoms with Crippen molar-refractivity contribution in [2.45, 2.75) is 45.6 Å². The Labute approximate surface area is 119 Å². The van der Waals surface area contributed by atoms with Crippen molar-refractivity contribution in [1.82, 2.24) is 10.2 Å². The SMILES string of the molecule is CCCNCC(CCC)N(CCCOC)CCOC. The number of ether oxygens (including phenoxy) is 2. The fourth-order valence-corrected chi connectivity index (χ4v) is 2.29. The molecule has 19 heavy (non-hydrogen) atoms. The second-order valence-corrected chi connectivity index (χ2v) is 5.02. The highest BCUT2D eigenvalue weighted by atomic mass is 16.5. The van der Waals surface area contributed by atoms with Crippen LogP contribution in [0.1, 0.15) is 39.5 Å². The Morgan fingerprint density at radius 3 is 2.32 bits per heavy atom. The average Bonchev–Trinajstić information content (AvgIpc) is 2.42.